The molecule has 0 bridgehead atoms. The van der Waals surface area contributed by atoms with E-state index in [0.717, 1.165) is 18.9 Å². The van der Waals surface area contributed by atoms with Gasteiger partial charge in [-0.15, -0.1) is 0 Å². The summed E-state index contributed by atoms with van der Waals surface area (Å²) in [6, 6.07) is 12.0. The predicted octanol–water partition coefficient (Wildman–Crippen LogP) is 5.66. The fourth-order valence-electron chi connectivity index (χ4n) is 3.38. The first-order valence-corrected chi connectivity index (χ1v) is 12.8. The zero-order valence-corrected chi connectivity index (χ0v) is 17.1. The fourth-order valence-corrected chi connectivity index (χ4v) is 5.93. The number of aliphatic hydroxyl groups excluding tert-OH is 1. The maximum Gasteiger partial charge on any atom is 0.166 e. The first-order valence-electron chi connectivity index (χ1n) is 9.59. The van der Waals surface area contributed by atoms with E-state index in [1.165, 1.54) is 18.4 Å². The van der Waals surface area contributed by atoms with Gasteiger partial charge in [-0.05, 0) is 35.6 Å². The van der Waals surface area contributed by atoms with Crippen LogP contribution in [0.15, 0.2) is 36.4 Å². The van der Waals surface area contributed by atoms with E-state index >= 15 is 0 Å². The molecule has 2 aromatic rings. The third kappa shape index (κ3) is 5.01. The third-order valence-corrected chi connectivity index (χ3v) is 8.55. The Labute approximate surface area is 157 Å². The van der Waals surface area contributed by atoms with Gasteiger partial charge in [0.1, 0.15) is 0 Å². The molecule has 0 aromatic heterocycles. The van der Waals surface area contributed by atoms with Crippen molar-refractivity contribution in [2.75, 3.05) is 6.61 Å². The molecule has 0 aliphatic rings. The summed E-state index contributed by atoms with van der Waals surface area (Å²) in [6.07, 6.45) is 5.20. The summed E-state index contributed by atoms with van der Waals surface area (Å²) >= 11 is 0. The van der Waals surface area contributed by atoms with Crippen LogP contribution < -0.4 is 5.19 Å². The van der Waals surface area contributed by atoms with E-state index in [1.807, 2.05) is 37.4 Å². The second-order valence-electron chi connectivity index (χ2n) is 7.65. The Morgan fingerprint density at radius 2 is 1.58 bits per heavy atom. The van der Waals surface area contributed by atoms with Crippen molar-refractivity contribution in [3.05, 3.63) is 53.6 Å². The molecule has 26 heavy (non-hydrogen) atoms. The Morgan fingerprint density at radius 1 is 0.885 bits per heavy atom. The van der Waals surface area contributed by atoms with Crippen LogP contribution in [-0.4, -0.2) is 19.8 Å². The minimum atomic E-state index is -2.10. The Balaban J connectivity index is 2.24. The molecule has 1 nitrogen and oxygen atoms in total. The van der Waals surface area contributed by atoms with Crippen molar-refractivity contribution in [2.45, 2.75) is 58.2 Å². The molecule has 0 saturated heterocycles. The number of aryl methyl sites for hydroxylation is 1. The minimum Gasteiger partial charge on any atom is -0.396 e. The van der Waals surface area contributed by atoms with Crippen molar-refractivity contribution in [1.82, 2.24) is 0 Å². The molecular weight excluding hydrogens is 346 g/mol. The van der Waals surface area contributed by atoms with Crippen molar-refractivity contribution in [1.29, 1.82) is 0 Å². The van der Waals surface area contributed by atoms with E-state index in [0.29, 0.717) is 22.7 Å². The summed E-state index contributed by atoms with van der Waals surface area (Å²) in [6.45, 7) is 6.30. The summed E-state index contributed by atoms with van der Waals surface area (Å²) in [4.78, 5) is 0. The van der Waals surface area contributed by atoms with E-state index in [2.05, 4.69) is 6.92 Å². The average Bonchev–Trinajstić information content (AvgIpc) is 2.63. The highest BCUT2D eigenvalue weighted by molar-refractivity contribution is 6.89. The Bertz CT molecular complexity index is 711. The van der Waals surface area contributed by atoms with Gasteiger partial charge in [0.25, 0.3) is 0 Å². The van der Waals surface area contributed by atoms with Crippen molar-refractivity contribution in [3.8, 4) is 11.1 Å². The molecule has 2 rings (SSSR count). The number of rotatable bonds is 9. The van der Waals surface area contributed by atoms with Gasteiger partial charge in [0, 0.05) is 12.2 Å². The summed E-state index contributed by atoms with van der Waals surface area (Å²) in [5.74, 6) is -1.48. The van der Waals surface area contributed by atoms with E-state index in [4.69, 9.17) is 5.11 Å². The quantitative estimate of drug-likeness (QED) is 0.442. The van der Waals surface area contributed by atoms with Gasteiger partial charge in [0.15, 0.2) is 11.6 Å². The molecular formula is C22H30F2OSi. The molecule has 0 spiro atoms. The normalized spacial score (nSPS) is 11.8. The third-order valence-electron chi connectivity index (χ3n) is 5.11. The minimum absolute atomic E-state index is 0.0865. The highest BCUT2D eigenvalue weighted by Gasteiger charge is 2.28. The van der Waals surface area contributed by atoms with Crippen LogP contribution in [0.4, 0.5) is 8.78 Å². The SMILES string of the molecule is CCCCCc1ccc(-c2ccc([Si](C)(C)CCCO)c(F)c2F)cc1. The number of hydrogen-bond donors (Lipinski definition) is 1. The molecule has 0 heterocycles. The van der Waals surface area contributed by atoms with Gasteiger partial charge >= 0.3 is 0 Å². The molecule has 0 radical (unpaired) electrons. The van der Waals surface area contributed by atoms with E-state index in [9.17, 15) is 8.78 Å². The van der Waals surface area contributed by atoms with Crippen LogP contribution in [0.2, 0.25) is 19.1 Å². The highest BCUT2D eigenvalue weighted by Crippen LogP contribution is 2.26. The smallest absolute Gasteiger partial charge is 0.166 e. The van der Waals surface area contributed by atoms with Crippen molar-refractivity contribution < 1.29 is 13.9 Å². The maximum atomic E-state index is 14.8. The summed E-state index contributed by atoms with van der Waals surface area (Å²) in [7, 11) is -2.10. The van der Waals surface area contributed by atoms with E-state index in [1.54, 1.807) is 12.1 Å². The molecule has 0 atom stereocenters. The van der Waals surface area contributed by atoms with Gasteiger partial charge in [0.05, 0.1) is 8.07 Å². The average molecular weight is 377 g/mol. The molecule has 0 aliphatic carbocycles. The molecule has 0 fully saturated rings. The first kappa shape index (κ1) is 20.8. The van der Waals surface area contributed by atoms with Crippen molar-refractivity contribution in [3.63, 3.8) is 0 Å². The lowest BCUT2D eigenvalue weighted by atomic mass is 10.0. The molecule has 0 unspecified atom stereocenters. The maximum absolute atomic E-state index is 14.8. The second-order valence-corrected chi connectivity index (χ2v) is 12.5. The van der Waals surface area contributed by atoms with E-state index in [-0.39, 0.29) is 6.61 Å². The zero-order chi connectivity index (χ0) is 19.2. The van der Waals surface area contributed by atoms with Gasteiger partial charge in [-0.3, -0.25) is 0 Å². The lowest BCUT2D eigenvalue weighted by molar-refractivity contribution is 0.294. The Morgan fingerprint density at radius 3 is 2.19 bits per heavy atom. The largest absolute Gasteiger partial charge is 0.396 e. The first-order chi connectivity index (χ1) is 12.4. The van der Waals surface area contributed by atoms with Crippen LogP contribution in [0.1, 0.15) is 38.2 Å². The topological polar surface area (TPSA) is 20.2 Å². The highest BCUT2D eigenvalue weighted by atomic mass is 28.3. The lowest BCUT2D eigenvalue weighted by Crippen LogP contribution is -2.44. The number of unbranched alkanes of at least 4 members (excludes halogenated alkanes) is 2. The summed E-state index contributed by atoms with van der Waals surface area (Å²) < 4.78 is 29.5. The number of hydrogen-bond acceptors (Lipinski definition) is 1. The summed E-state index contributed by atoms with van der Waals surface area (Å²) in [5, 5.41) is 9.54. The monoisotopic (exact) mass is 376 g/mol. The lowest BCUT2D eigenvalue weighted by Gasteiger charge is -2.24. The van der Waals surface area contributed by atoms with Crippen LogP contribution in [-0.2, 0) is 6.42 Å². The van der Waals surface area contributed by atoms with Gasteiger partial charge in [-0.25, -0.2) is 8.78 Å². The Kier molecular flexibility index (Phi) is 7.53. The molecule has 0 amide bonds. The second kappa shape index (κ2) is 9.42. The molecule has 142 valence electrons. The molecule has 1 N–H and O–H groups in total. The van der Waals surface area contributed by atoms with Gasteiger partial charge in [0.2, 0.25) is 0 Å². The molecule has 4 heteroatoms. The van der Waals surface area contributed by atoms with Crippen LogP contribution >= 0.6 is 0 Å². The van der Waals surface area contributed by atoms with Gasteiger partial charge < -0.3 is 5.11 Å². The van der Waals surface area contributed by atoms with Crippen LogP contribution in [0.3, 0.4) is 0 Å². The van der Waals surface area contributed by atoms with Crippen LogP contribution in [0.25, 0.3) is 11.1 Å². The Hall–Kier alpha value is -1.52. The van der Waals surface area contributed by atoms with Crippen LogP contribution in [0.5, 0.6) is 0 Å². The van der Waals surface area contributed by atoms with Crippen molar-refractivity contribution in [2.24, 2.45) is 0 Å². The molecule has 0 aliphatic heterocycles. The van der Waals surface area contributed by atoms with Crippen LogP contribution in [0, 0.1) is 11.6 Å². The zero-order valence-electron chi connectivity index (χ0n) is 16.1. The standard InChI is InChI=1S/C22H30F2OSi/c1-4-5-6-8-17-9-11-18(12-10-17)19-13-14-20(22(24)21(19)23)26(2,3)16-7-15-25/h9-14,25H,4-8,15-16H2,1-3H3. The predicted molar refractivity (Wildman–Crippen MR) is 109 cm³/mol. The van der Waals surface area contributed by atoms with E-state index < -0.39 is 19.7 Å². The fraction of sp³-hybridized carbons (Fsp3) is 0.455. The molecule has 0 saturated carbocycles. The van der Waals surface area contributed by atoms with Crippen molar-refractivity contribution >= 4 is 13.3 Å². The van der Waals surface area contributed by atoms with Gasteiger partial charge in [-0.1, -0.05) is 75.3 Å². The number of benzene rings is 2. The van der Waals surface area contributed by atoms with Gasteiger partial charge in [-0.2, -0.15) is 0 Å². The molecule has 2 aromatic carbocycles. The number of halogens is 2. The number of aliphatic hydroxyl groups is 1. The summed E-state index contributed by atoms with van der Waals surface area (Å²) in [5.41, 5.74) is 2.26.